The van der Waals surface area contributed by atoms with Gasteiger partial charge in [-0.15, -0.1) is 0 Å². The molecule has 0 amide bonds. The molecule has 0 unspecified atom stereocenters. The molecule has 0 aliphatic carbocycles. The lowest BCUT2D eigenvalue weighted by Gasteiger charge is -2.31. The Kier molecular flexibility index (Phi) is 2.49. The maximum atomic E-state index is 10.6. The van der Waals surface area contributed by atoms with Crippen molar-refractivity contribution in [3.8, 4) is 0 Å². The lowest BCUT2D eigenvalue weighted by atomic mass is 9.89. The molecule has 0 bridgehead atoms. The summed E-state index contributed by atoms with van der Waals surface area (Å²) < 4.78 is 0. The van der Waals surface area contributed by atoms with Crippen molar-refractivity contribution >= 4 is 5.97 Å². The molecule has 1 heterocycles. The lowest BCUT2D eigenvalue weighted by molar-refractivity contribution is -0.143. The molecule has 1 fully saturated rings. The third-order valence-electron chi connectivity index (χ3n) is 2.38. The summed E-state index contributed by atoms with van der Waals surface area (Å²) >= 11 is 0. The van der Waals surface area contributed by atoms with E-state index in [9.17, 15) is 4.79 Å². The second kappa shape index (κ2) is 3.22. The highest BCUT2D eigenvalue weighted by Crippen LogP contribution is 2.19. The van der Waals surface area contributed by atoms with Gasteiger partial charge in [0, 0.05) is 12.1 Å². The molecule has 11 heavy (non-hydrogen) atoms. The molecule has 0 saturated carbocycles. The molecule has 2 N–H and O–H groups in total. The molecular weight excluding hydrogens is 142 g/mol. The van der Waals surface area contributed by atoms with Gasteiger partial charge in [-0.2, -0.15) is 0 Å². The fourth-order valence-corrected chi connectivity index (χ4v) is 1.67. The van der Waals surface area contributed by atoms with E-state index in [0.717, 1.165) is 12.8 Å². The number of carboxylic acid groups (broad SMARTS) is 1. The monoisotopic (exact) mass is 157 g/mol. The maximum absolute atomic E-state index is 10.6. The molecule has 0 aromatic heterocycles. The van der Waals surface area contributed by atoms with E-state index >= 15 is 0 Å². The van der Waals surface area contributed by atoms with Crippen molar-refractivity contribution in [3.05, 3.63) is 0 Å². The molecule has 3 atom stereocenters. The summed E-state index contributed by atoms with van der Waals surface area (Å²) in [5, 5.41) is 12.0. The van der Waals surface area contributed by atoms with Gasteiger partial charge in [-0.05, 0) is 26.7 Å². The summed E-state index contributed by atoms with van der Waals surface area (Å²) in [6, 6.07) is 0.594. The van der Waals surface area contributed by atoms with Crippen LogP contribution in [0, 0.1) is 5.92 Å². The average molecular weight is 157 g/mol. The second-order valence-electron chi connectivity index (χ2n) is 3.38. The second-order valence-corrected chi connectivity index (χ2v) is 3.38. The average Bonchev–Trinajstić information content (AvgIpc) is 1.85. The zero-order chi connectivity index (χ0) is 8.43. The van der Waals surface area contributed by atoms with E-state index in [0.29, 0.717) is 6.04 Å². The Hall–Kier alpha value is -0.570. The van der Waals surface area contributed by atoms with Gasteiger partial charge in [-0.25, -0.2) is 0 Å². The van der Waals surface area contributed by atoms with Crippen molar-refractivity contribution in [1.29, 1.82) is 0 Å². The Bertz CT molecular complexity index is 158. The number of carbonyl (C=O) groups is 1. The first kappa shape index (κ1) is 8.53. The van der Waals surface area contributed by atoms with Crippen LogP contribution in [0.4, 0.5) is 0 Å². The predicted molar refractivity (Wildman–Crippen MR) is 42.4 cm³/mol. The number of nitrogens with one attached hydrogen (secondary N) is 1. The third-order valence-corrected chi connectivity index (χ3v) is 2.38. The van der Waals surface area contributed by atoms with Crippen LogP contribution in [0.1, 0.15) is 26.7 Å². The van der Waals surface area contributed by atoms with Crippen LogP contribution >= 0.6 is 0 Å². The molecule has 3 heteroatoms. The largest absolute Gasteiger partial charge is 0.481 e. The van der Waals surface area contributed by atoms with Crippen molar-refractivity contribution in [2.45, 2.75) is 38.8 Å². The van der Waals surface area contributed by atoms with E-state index in [2.05, 4.69) is 12.2 Å². The third kappa shape index (κ3) is 1.93. The number of carboxylic acids is 1. The standard InChI is InChI=1S/C8H15NO2/c1-5-3-4-7(8(10)11)6(2)9-5/h5-7,9H,3-4H2,1-2H3,(H,10,11)/t5-,6+,7-/m1/s1. The maximum Gasteiger partial charge on any atom is 0.308 e. The van der Waals surface area contributed by atoms with Crippen LogP contribution in [0.2, 0.25) is 0 Å². The highest BCUT2D eigenvalue weighted by molar-refractivity contribution is 5.70. The first-order chi connectivity index (χ1) is 5.11. The summed E-state index contributed by atoms with van der Waals surface area (Å²) in [5.74, 6) is -0.858. The smallest absolute Gasteiger partial charge is 0.308 e. The van der Waals surface area contributed by atoms with Crippen LogP contribution in [0.3, 0.4) is 0 Å². The van der Waals surface area contributed by atoms with E-state index in [-0.39, 0.29) is 12.0 Å². The van der Waals surface area contributed by atoms with Crippen LogP contribution in [0.25, 0.3) is 0 Å². The molecule has 64 valence electrons. The van der Waals surface area contributed by atoms with Gasteiger partial charge in [0.15, 0.2) is 0 Å². The molecule has 1 aliphatic rings. The van der Waals surface area contributed by atoms with Crippen molar-refractivity contribution < 1.29 is 9.90 Å². The predicted octanol–water partition coefficient (Wildman–Crippen LogP) is 0.848. The Balaban J connectivity index is 2.50. The van der Waals surface area contributed by atoms with Crippen LogP contribution in [0.5, 0.6) is 0 Å². The summed E-state index contributed by atoms with van der Waals surface area (Å²) in [5.41, 5.74) is 0. The number of piperidine rings is 1. The summed E-state index contributed by atoms with van der Waals surface area (Å²) in [4.78, 5) is 10.6. The minimum absolute atomic E-state index is 0.122. The highest BCUT2D eigenvalue weighted by atomic mass is 16.4. The summed E-state index contributed by atoms with van der Waals surface area (Å²) in [6.45, 7) is 4.03. The zero-order valence-electron chi connectivity index (χ0n) is 7.00. The van der Waals surface area contributed by atoms with Crippen molar-refractivity contribution in [3.63, 3.8) is 0 Å². The van der Waals surface area contributed by atoms with Gasteiger partial charge in [-0.1, -0.05) is 0 Å². The van der Waals surface area contributed by atoms with Gasteiger partial charge in [-0.3, -0.25) is 4.79 Å². The minimum Gasteiger partial charge on any atom is -0.481 e. The van der Waals surface area contributed by atoms with Gasteiger partial charge in [0.25, 0.3) is 0 Å². The van der Waals surface area contributed by atoms with Crippen LogP contribution in [-0.4, -0.2) is 23.2 Å². The van der Waals surface area contributed by atoms with Gasteiger partial charge in [0.2, 0.25) is 0 Å². The van der Waals surface area contributed by atoms with Crippen LogP contribution < -0.4 is 5.32 Å². The van der Waals surface area contributed by atoms with Crippen molar-refractivity contribution in [1.82, 2.24) is 5.32 Å². The quantitative estimate of drug-likeness (QED) is 0.593. The lowest BCUT2D eigenvalue weighted by Crippen LogP contribution is -2.47. The van der Waals surface area contributed by atoms with E-state index < -0.39 is 5.97 Å². The molecule has 3 nitrogen and oxygen atoms in total. The SMILES string of the molecule is C[C@@H]1CC[C@@H](C(=O)O)[C@H](C)N1. The van der Waals surface area contributed by atoms with Crippen LogP contribution in [-0.2, 0) is 4.79 Å². The van der Waals surface area contributed by atoms with Gasteiger partial charge >= 0.3 is 5.97 Å². The minimum atomic E-state index is -0.670. The topological polar surface area (TPSA) is 49.3 Å². The normalized spacial score (nSPS) is 38.5. The van der Waals surface area contributed by atoms with E-state index in [1.807, 2.05) is 6.92 Å². The highest BCUT2D eigenvalue weighted by Gasteiger charge is 2.29. The number of hydrogen-bond acceptors (Lipinski definition) is 2. The molecule has 1 rings (SSSR count). The molecule has 1 saturated heterocycles. The van der Waals surface area contributed by atoms with E-state index in [4.69, 9.17) is 5.11 Å². The fraction of sp³-hybridized carbons (Fsp3) is 0.875. The molecule has 1 aliphatic heterocycles. The zero-order valence-corrected chi connectivity index (χ0v) is 7.00. The van der Waals surface area contributed by atoms with Crippen LogP contribution in [0.15, 0.2) is 0 Å². The number of rotatable bonds is 1. The van der Waals surface area contributed by atoms with Gasteiger partial charge in [0.05, 0.1) is 5.92 Å². The molecule has 0 aromatic rings. The number of aliphatic carboxylic acids is 1. The van der Waals surface area contributed by atoms with Gasteiger partial charge < -0.3 is 10.4 Å². The molecule has 0 aromatic carbocycles. The first-order valence-corrected chi connectivity index (χ1v) is 4.10. The number of hydrogen-bond donors (Lipinski definition) is 2. The summed E-state index contributed by atoms with van der Waals surface area (Å²) in [7, 11) is 0. The first-order valence-electron chi connectivity index (χ1n) is 4.10. The van der Waals surface area contributed by atoms with E-state index in [1.165, 1.54) is 0 Å². The van der Waals surface area contributed by atoms with Crippen molar-refractivity contribution in [2.75, 3.05) is 0 Å². The van der Waals surface area contributed by atoms with Crippen molar-refractivity contribution in [2.24, 2.45) is 5.92 Å². The van der Waals surface area contributed by atoms with Gasteiger partial charge in [0.1, 0.15) is 0 Å². The Morgan fingerprint density at radius 3 is 2.55 bits per heavy atom. The molecule has 0 spiro atoms. The fourth-order valence-electron chi connectivity index (χ4n) is 1.67. The van der Waals surface area contributed by atoms with E-state index in [1.54, 1.807) is 0 Å². The molecular formula is C8H15NO2. The Labute approximate surface area is 66.8 Å². The Morgan fingerprint density at radius 2 is 2.09 bits per heavy atom. The Morgan fingerprint density at radius 1 is 1.45 bits per heavy atom. The molecule has 0 radical (unpaired) electrons. The summed E-state index contributed by atoms with van der Waals surface area (Å²) in [6.07, 6.45) is 1.78.